The molecule has 1 rings (SSSR count). The summed E-state index contributed by atoms with van der Waals surface area (Å²) in [5.74, 6) is 0.300. The number of aryl methyl sites for hydroxylation is 1. The number of aliphatic hydroxyl groups is 1. The average Bonchev–Trinajstić information content (AvgIpc) is 2.34. The molecular formula is C16H23ClO. The van der Waals surface area contributed by atoms with Crippen molar-refractivity contribution < 1.29 is 5.11 Å². The van der Waals surface area contributed by atoms with E-state index in [1.807, 2.05) is 46.8 Å². The van der Waals surface area contributed by atoms with Crippen LogP contribution in [0.2, 0.25) is 5.02 Å². The number of rotatable bonds is 2. The van der Waals surface area contributed by atoms with Gasteiger partial charge in [-0.1, -0.05) is 37.6 Å². The number of benzene rings is 1. The van der Waals surface area contributed by atoms with Crippen molar-refractivity contribution in [2.75, 3.05) is 0 Å². The molecule has 0 aliphatic rings. The molecule has 1 N–H and O–H groups in total. The van der Waals surface area contributed by atoms with Crippen LogP contribution in [0, 0.1) is 13.8 Å². The summed E-state index contributed by atoms with van der Waals surface area (Å²) >= 11 is 6.13. The smallest absolute Gasteiger partial charge is 0.0891 e. The molecule has 1 aromatic rings. The van der Waals surface area contributed by atoms with Crippen LogP contribution in [0.1, 0.15) is 44.4 Å². The van der Waals surface area contributed by atoms with Gasteiger partial charge in [-0.3, -0.25) is 0 Å². The Kier molecular flexibility index (Phi) is 7.45. The topological polar surface area (TPSA) is 20.2 Å². The van der Waals surface area contributed by atoms with Gasteiger partial charge in [-0.15, -0.1) is 0 Å². The zero-order valence-electron chi connectivity index (χ0n) is 12.1. The molecule has 0 heterocycles. The number of allylic oxidation sites excluding steroid dienone is 4. The summed E-state index contributed by atoms with van der Waals surface area (Å²) in [5.41, 5.74) is 4.47. The van der Waals surface area contributed by atoms with E-state index in [1.54, 1.807) is 13.0 Å². The summed E-state index contributed by atoms with van der Waals surface area (Å²) in [7, 11) is 0. The first-order chi connectivity index (χ1) is 8.41. The lowest BCUT2D eigenvalue weighted by Gasteiger charge is -2.07. The molecule has 1 nitrogen and oxygen atoms in total. The second kappa shape index (κ2) is 7.99. The molecule has 0 atom stereocenters. The minimum atomic E-state index is 0.300. The van der Waals surface area contributed by atoms with Gasteiger partial charge in [0.05, 0.1) is 5.76 Å². The largest absolute Gasteiger partial charge is 0.513 e. The normalized spacial score (nSPS) is 11.9. The quantitative estimate of drug-likeness (QED) is 0.526. The summed E-state index contributed by atoms with van der Waals surface area (Å²) in [5, 5.41) is 9.88. The second-order valence-corrected chi connectivity index (χ2v) is 4.46. The predicted molar refractivity (Wildman–Crippen MR) is 82.3 cm³/mol. The molecular weight excluding hydrogens is 244 g/mol. The Hall–Kier alpha value is -1.21. The van der Waals surface area contributed by atoms with Crippen LogP contribution in [-0.2, 0) is 0 Å². The van der Waals surface area contributed by atoms with Crippen LogP contribution in [0.15, 0.2) is 30.0 Å². The molecule has 0 saturated carbocycles. The molecule has 0 bridgehead atoms. The Labute approximate surface area is 116 Å². The lowest BCUT2D eigenvalue weighted by molar-refractivity contribution is 0.414. The Balaban J connectivity index is 0.00000137. The molecule has 1 aromatic carbocycles. The zero-order chi connectivity index (χ0) is 14.3. The first-order valence-corrected chi connectivity index (χ1v) is 6.61. The second-order valence-electron chi connectivity index (χ2n) is 4.06. The molecule has 0 aromatic heterocycles. The standard InChI is InChI=1S/C14H17ClO.C2H6/c1-9(5-6-11(3)16)13-7-10(2)12(4)14(15)8-13;1-2/h5-8,16H,1-4H3;1-2H3/b9-5+,11-6-;. The molecule has 18 heavy (non-hydrogen) atoms. The van der Waals surface area contributed by atoms with E-state index in [4.69, 9.17) is 16.7 Å². The van der Waals surface area contributed by atoms with Gasteiger partial charge in [-0.2, -0.15) is 0 Å². The fourth-order valence-corrected chi connectivity index (χ4v) is 1.65. The van der Waals surface area contributed by atoms with Gasteiger partial charge in [0.1, 0.15) is 0 Å². The van der Waals surface area contributed by atoms with Gasteiger partial charge >= 0.3 is 0 Å². The van der Waals surface area contributed by atoms with E-state index in [1.165, 1.54) is 5.56 Å². The van der Waals surface area contributed by atoms with E-state index in [9.17, 15) is 0 Å². The monoisotopic (exact) mass is 266 g/mol. The van der Waals surface area contributed by atoms with E-state index >= 15 is 0 Å². The Bertz CT molecular complexity index is 429. The van der Waals surface area contributed by atoms with Gasteiger partial charge in [-0.25, -0.2) is 0 Å². The van der Waals surface area contributed by atoms with Gasteiger partial charge in [0, 0.05) is 5.02 Å². The van der Waals surface area contributed by atoms with Crippen molar-refractivity contribution in [2.24, 2.45) is 0 Å². The Morgan fingerprint density at radius 2 is 1.67 bits per heavy atom. The predicted octanol–water partition coefficient (Wildman–Crippen LogP) is 5.85. The number of hydrogen-bond acceptors (Lipinski definition) is 1. The highest BCUT2D eigenvalue weighted by Gasteiger charge is 2.03. The summed E-state index contributed by atoms with van der Waals surface area (Å²) in [4.78, 5) is 0. The van der Waals surface area contributed by atoms with Crippen molar-refractivity contribution in [3.63, 3.8) is 0 Å². The van der Waals surface area contributed by atoms with E-state index in [0.717, 1.165) is 21.7 Å². The first-order valence-electron chi connectivity index (χ1n) is 6.23. The SMILES string of the molecule is C/C(O)=C/C=C(\C)c1cc(C)c(C)c(Cl)c1.CC. The van der Waals surface area contributed by atoms with Crippen LogP contribution in [0.4, 0.5) is 0 Å². The summed E-state index contributed by atoms with van der Waals surface area (Å²) in [6.45, 7) is 11.7. The molecule has 0 aliphatic carbocycles. The highest BCUT2D eigenvalue weighted by atomic mass is 35.5. The van der Waals surface area contributed by atoms with E-state index in [2.05, 4.69) is 6.07 Å². The minimum Gasteiger partial charge on any atom is -0.513 e. The zero-order valence-corrected chi connectivity index (χ0v) is 12.9. The van der Waals surface area contributed by atoms with Gasteiger partial charge in [0.2, 0.25) is 0 Å². The summed E-state index contributed by atoms with van der Waals surface area (Å²) in [6.07, 6.45) is 3.56. The third kappa shape index (κ3) is 4.97. The van der Waals surface area contributed by atoms with Crippen LogP contribution in [0.5, 0.6) is 0 Å². The van der Waals surface area contributed by atoms with Crippen molar-refractivity contribution in [2.45, 2.75) is 41.5 Å². The molecule has 100 valence electrons. The number of aliphatic hydroxyl groups excluding tert-OH is 1. The Morgan fingerprint density at radius 3 is 2.11 bits per heavy atom. The van der Waals surface area contributed by atoms with Crippen molar-refractivity contribution in [3.05, 3.63) is 51.8 Å². The molecule has 0 radical (unpaired) electrons. The average molecular weight is 267 g/mol. The van der Waals surface area contributed by atoms with E-state index < -0.39 is 0 Å². The highest BCUT2D eigenvalue weighted by molar-refractivity contribution is 6.31. The van der Waals surface area contributed by atoms with Crippen molar-refractivity contribution in [1.29, 1.82) is 0 Å². The van der Waals surface area contributed by atoms with Crippen molar-refractivity contribution in [1.82, 2.24) is 0 Å². The van der Waals surface area contributed by atoms with Gasteiger partial charge in [-0.05, 0) is 62.1 Å². The number of hydrogen-bond donors (Lipinski definition) is 1. The Morgan fingerprint density at radius 1 is 1.11 bits per heavy atom. The third-order valence-corrected chi connectivity index (χ3v) is 3.03. The highest BCUT2D eigenvalue weighted by Crippen LogP contribution is 2.25. The molecule has 0 spiro atoms. The van der Waals surface area contributed by atoms with Crippen LogP contribution in [0.3, 0.4) is 0 Å². The minimum absolute atomic E-state index is 0.300. The molecule has 0 fully saturated rings. The lowest BCUT2D eigenvalue weighted by atomic mass is 10.0. The maximum absolute atomic E-state index is 9.09. The van der Waals surface area contributed by atoms with Gasteiger partial charge in [0.25, 0.3) is 0 Å². The van der Waals surface area contributed by atoms with Crippen LogP contribution < -0.4 is 0 Å². The molecule has 2 heteroatoms. The van der Waals surface area contributed by atoms with Gasteiger partial charge < -0.3 is 5.11 Å². The molecule has 0 amide bonds. The molecule has 0 saturated heterocycles. The summed E-state index contributed by atoms with van der Waals surface area (Å²) < 4.78 is 0. The van der Waals surface area contributed by atoms with Crippen LogP contribution in [0.25, 0.3) is 5.57 Å². The molecule has 0 aliphatic heterocycles. The van der Waals surface area contributed by atoms with Crippen molar-refractivity contribution >= 4 is 17.2 Å². The van der Waals surface area contributed by atoms with Crippen LogP contribution in [-0.4, -0.2) is 5.11 Å². The number of halogens is 1. The summed E-state index contributed by atoms with van der Waals surface area (Å²) in [6, 6.07) is 4.06. The van der Waals surface area contributed by atoms with Crippen LogP contribution >= 0.6 is 11.6 Å². The fraction of sp³-hybridized carbons (Fsp3) is 0.375. The first kappa shape index (κ1) is 16.8. The third-order valence-electron chi connectivity index (χ3n) is 2.63. The van der Waals surface area contributed by atoms with Gasteiger partial charge in [0.15, 0.2) is 0 Å². The van der Waals surface area contributed by atoms with Crippen molar-refractivity contribution in [3.8, 4) is 0 Å². The molecule has 0 unspecified atom stereocenters. The fourth-order valence-electron chi connectivity index (χ4n) is 1.39. The van der Waals surface area contributed by atoms with E-state index in [-0.39, 0.29) is 0 Å². The van der Waals surface area contributed by atoms with E-state index in [0.29, 0.717) is 5.76 Å². The maximum atomic E-state index is 9.09. The lowest BCUT2D eigenvalue weighted by Crippen LogP contribution is -1.87. The maximum Gasteiger partial charge on any atom is 0.0891 e.